The Hall–Kier alpha value is -1.62. The van der Waals surface area contributed by atoms with E-state index in [1.54, 1.807) is 12.3 Å². The molecule has 1 heterocycles. The van der Waals surface area contributed by atoms with E-state index in [0.717, 1.165) is 38.4 Å². The minimum Gasteiger partial charge on any atom is -0.370 e. The minimum absolute atomic E-state index is 0.0767. The number of carbonyl (C=O) groups excluding carboxylic acids is 1. The molecule has 0 saturated carbocycles. The summed E-state index contributed by atoms with van der Waals surface area (Å²) in [6.45, 7) is 7.32. The zero-order valence-electron chi connectivity index (χ0n) is 13.0. The largest absolute Gasteiger partial charge is 0.370 e. The molecule has 1 amide bonds. The first-order valence-corrected chi connectivity index (χ1v) is 7.22. The van der Waals surface area contributed by atoms with Gasteiger partial charge in [0.1, 0.15) is 5.82 Å². The third-order valence-corrected chi connectivity index (χ3v) is 3.07. The second-order valence-electron chi connectivity index (χ2n) is 5.00. The quantitative estimate of drug-likeness (QED) is 0.789. The van der Waals surface area contributed by atoms with Crippen LogP contribution in [0.25, 0.3) is 0 Å². The number of hydrogen-bond donors (Lipinski definition) is 1. The Balaban J connectivity index is 2.67. The number of amides is 1. The van der Waals surface area contributed by atoms with E-state index in [9.17, 15) is 4.79 Å². The Labute approximate surface area is 122 Å². The molecule has 0 aliphatic heterocycles. The SMILES string of the molecule is CCNc1cc(C(=O)N(CC)CCCN(C)C)ccn1. The summed E-state index contributed by atoms with van der Waals surface area (Å²) in [7, 11) is 4.09. The summed E-state index contributed by atoms with van der Waals surface area (Å²) in [6, 6.07) is 3.60. The van der Waals surface area contributed by atoms with E-state index in [0.29, 0.717) is 5.56 Å². The van der Waals surface area contributed by atoms with E-state index in [2.05, 4.69) is 15.2 Å². The maximum absolute atomic E-state index is 12.5. The molecule has 5 heteroatoms. The molecule has 5 nitrogen and oxygen atoms in total. The first-order valence-electron chi connectivity index (χ1n) is 7.22. The molecule has 0 bridgehead atoms. The molecule has 0 atom stereocenters. The van der Waals surface area contributed by atoms with Gasteiger partial charge in [0.25, 0.3) is 5.91 Å². The molecule has 0 unspecified atom stereocenters. The summed E-state index contributed by atoms with van der Waals surface area (Å²) < 4.78 is 0. The highest BCUT2D eigenvalue weighted by Gasteiger charge is 2.14. The smallest absolute Gasteiger partial charge is 0.254 e. The standard InChI is InChI=1S/C15H26N4O/c1-5-16-14-12-13(8-9-17-14)15(20)19(6-2)11-7-10-18(3)4/h8-9,12H,5-7,10-11H2,1-4H3,(H,16,17). The Morgan fingerprint density at radius 3 is 2.65 bits per heavy atom. The maximum atomic E-state index is 12.5. The van der Waals surface area contributed by atoms with Crippen LogP contribution < -0.4 is 5.32 Å². The summed E-state index contributed by atoms with van der Waals surface area (Å²) in [5.41, 5.74) is 0.697. The molecule has 0 aliphatic rings. The third kappa shape index (κ3) is 5.17. The fraction of sp³-hybridized carbons (Fsp3) is 0.600. The van der Waals surface area contributed by atoms with Gasteiger partial charge in [-0.15, -0.1) is 0 Å². The zero-order valence-corrected chi connectivity index (χ0v) is 13.0. The average molecular weight is 278 g/mol. The van der Waals surface area contributed by atoms with E-state index >= 15 is 0 Å². The van der Waals surface area contributed by atoms with Crippen LogP contribution in [0.4, 0.5) is 5.82 Å². The van der Waals surface area contributed by atoms with Gasteiger partial charge in [0, 0.05) is 31.4 Å². The fourth-order valence-electron chi connectivity index (χ4n) is 2.01. The summed E-state index contributed by atoms with van der Waals surface area (Å²) in [5.74, 6) is 0.829. The van der Waals surface area contributed by atoms with Crippen LogP contribution in [-0.4, -0.2) is 61.0 Å². The highest BCUT2D eigenvalue weighted by atomic mass is 16.2. The number of carbonyl (C=O) groups is 1. The summed E-state index contributed by atoms with van der Waals surface area (Å²) >= 11 is 0. The normalized spacial score (nSPS) is 10.7. The summed E-state index contributed by atoms with van der Waals surface area (Å²) in [5, 5.41) is 3.13. The van der Waals surface area contributed by atoms with E-state index < -0.39 is 0 Å². The van der Waals surface area contributed by atoms with Crippen molar-refractivity contribution >= 4 is 11.7 Å². The number of nitrogens with one attached hydrogen (secondary N) is 1. The number of aromatic nitrogens is 1. The number of nitrogens with zero attached hydrogens (tertiary/aromatic N) is 3. The second kappa shape index (κ2) is 8.53. The van der Waals surface area contributed by atoms with E-state index in [-0.39, 0.29) is 5.91 Å². The molecular formula is C15H26N4O. The van der Waals surface area contributed by atoms with E-state index in [1.807, 2.05) is 38.9 Å². The highest BCUT2D eigenvalue weighted by molar-refractivity contribution is 5.94. The molecule has 1 N–H and O–H groups in total. The third-order valence-electron chi connectivity index (χ3n) is 3.07. The molecule has 0 spiro atoms. The van der Waals surface area contributed by atoms with Gasteiger partial charge in [0.15, 0.2) is 0 Å². The van der Waals surface area contributed by atoms with Gasteiger partial charge in [-0.05, 0) is 53.0 Å². The van der Waals surface area contributed by atoms with Crippen molar-refractivity contribution in [2.75, 3.05) is 45.6 Å². The highest BCUT2D eigenvalue weighted by Crippen LogP contribution is 2.10. The van der Waals surface area contributed by atoms with Gasteiger partial charge >= 0.3 is 0 Å². The minimum atomic E-state index is 0.0767. The predicted molar refractivity (Wildman–Crippen MR) is 83.1 cm³/mol. The van der Waals surface area contributed by atoms with Crippen molar-refractivity contribution in [2.24, 2.45) is 0 Å². The number of anilines is 1. The van der Waals surface area contributed by atoms with Crippen LogP contribution in [0.2, 0.25) is 0 Å². The van der Waals surface area contributed by atoms with Crippen molar-refractivity contribution in [3.63, 3.8) is 0 Å². The maximum Gasteiger partial charge on any atom is 0.254 e. The van der Waals surface area contributed by atoms with Crippen molar-refractivity contribution in [3.8, 4) is 0 Å². The number of pyridine rings is 1. The number of rotatable bonds is 8. The zero-order chi connectivity index (χ0) is 15.0. The topological polar surface area (TPSA) is 48.5 Å². The molecule has 0 aromatic carbocycles. The van der Waals surface area contributed by atoms with Crippen molar-refractivity contribution in [1.82, 2.24) is 14.8 Å². The van der Waals surface area contributed by atoms with Crippen LogP contribution in [0.15, 0.2) is 18.3 Å². The first kappa shape index (κ1) is 16.4. The van der Waals surface area contributed by atoms with Crippen molar-refractivity contribution in [3.05, 3.63) is 23.9 Å². The van der Waals surface area contributed by atoms with Gasteiger partial charge in [-0.25, -0.2) is 4.98 Å². The first-order chi connectivity index (χ1) is 9.58. The van der Waals surface area contributed by atoms with Gasteiger partial charge in [-0.1, -0.05) is 0 Å². The van der Waals surface area contributed by atoms with Crippen LogP contribution in [0.3, 0.4) is 0 Å². The molecular weight excluding hydrogens is 252 g/mol. The lowest BCUT2D eigenvalue weighted by Crippen LogP contribution is -2.33. The lowest BCUT2D eigenvalue weighted by atomic mass is 10.2. The number of hydrogen-bond acceptors (Lipinski definition) is 4. The molecule has 0 saturated heterocycles. The molecule has 20 heavy (non-hydrogen) atoms. The van der Waals surface area contributed by atoms with Gasteiger partial charge in [0.2, 0.25) is 0 Å². The predicted octanol–water partition coefficient (Wildman–Crippen LogP) is 1.93. The van der Waals surface area contributed by atoms with Crippen LogP contribution in [-0.2, 0) is 0 Å². The van der Waals surface area contributed by atoms with Crippen molar-refractivity contribution in [2.45, 2.75) is 20.3 Å². The molecule has 0 radical (unpaired) electrons. The van der Waals surface area contributed by atoms with Gasteiger partial charge < -0.3 is 15.1 Å². The monoisotopic (exact) mass is 278 g/mol. The van der Waals surface area contributed by atoms with Gasteiger partial charge in [-0.3, -0.25) is 4.79 Å². The van der Waals surface area contributed by atoms with Crippen molar-refractivity contribution in [1.29, 1.82) is 0 Å². The molecule has 1 aromatic heterocycles. The summed E-state index contributed by atoms with van der Waals surface area (Å²) in [4.78, 5) is 20.7. The molecule has 0 aliphatic carbocycles. The van der Waals surface area contributed by atoms with E-state index in [1.165, 1.54) is 0 Å². The van der Waals surface area contributed by atoms with Crippen LogP contribution in [0.5, 0.6) is 0 Å². The lowest BCUT2D eigenvalue weighted by Gasteiger charge is -2.22. The van der Waals surface area contributed by atoms with Crippen LogP contribution in [0.1, 0.15) is 30.6 Å². The van der Waals surface area contributed by atoms with Crippen LogP contribution >= 0.6 is 0 Å². The van der Waals surface area contributed by atoms with Gasteiger partial charge in [0.05, 0.1) is 0 Å². The molecule has 112 valence electrons. The summed E-state index contributed by atoms with van der Waals surface area (Å²) in [6.07, 6.45) is 2.66. The Morgan fingerprint density at radius 1 is 1.30 bits per heavy atom. The Bertz CT molecular complexity index is 420. The lowest BCUT2D eigenvalue weighted by molar-refractivity contribution is 0.0759. The van der Waals surface area contributed by atoms with Gasteiger partial charge in [-0.2, -0.15) is 0 Å². The molecule has 0 fully saturated rings. The Morgan fingerprint density at radius 2 is 2.05 bits per heavy atom. The Kier molecular flexibility index (Phi) is 7.01. The molecule has 1 rings (SSSR count). The molecule has 1 aromatic rings. The van der Waals surface area contributed by atoms with Crippen LogP contribution in [0, 0.1) is 0 Å². The fourth-order valence-corrected chi connectivity index (χ4v) is 2.01. The second-order valence-corrected chi connectivity index (χ2v) is 5.00. The van der Waals surface area contributed by atoms with E-state index in [4.69, 9.17) is 0 Å². The van der Waals surface area contributed by atoms with Crippen molar-refractivity contribution < 1.29 is 4.79 Å². The average Bonchev–Trinajstić information content (AvgIpc) is 2.43.